The molecule has 0 saturated carbocycles. The zero-order chi connectivity index (χ0) is 9.84. The molecule has 0 amide bonds. The lowest BCUT2D eigenvalue weighted by molar-refractivity contribution is 0.0701. The molecule has 0 aliphatic rings. The fourth-order valence-electron chi connectivity index (χ4n) is 1.01. The molecule has 1 heterocycles. The van der Waals surface area contributed by atoms with Crippen molar-refractivity contribution in [3.63, 3.8) is 0 Å². The number of thiazole rings is 1. The van der Waals surface area contributed by atoms with E-state index in [4.69, 9.17) is 10.8 Å². The standard InChI is InChI=1S/C8H12N2O2S/c1-5-7(8(11)12)13-6(10-5)3-2-4-9/h2-4,9H2,1H3,(H,11,12). The molecule has 1 aromatic rings. The van der Waals surface area contributed by atoms with E-state index >= 15 is 0 Å². The minimum atomic E-state index is -0.894. The van der Waals surface area contributed by atoms with Gasteiger partial charge in [-0.3, -0.25) is 0 Å². The molecule has 3 N–H and O–H groups in total. The van der Waals surface area contributed by atoms with Crippen LogP contribution in [0.15, 0.2) is 0 Å². The number of carboxylic acids is 1. The average molecular weight is 200 g/mol. The molecular weight excluding hydrogens is 188 g/mol. The highest BCUT2D eigenvalue weighted by molar-refractivity contribution is 7.13. The van der Waals surface area contributed by atoms with Crippen LogP contribution in [-0.4, -0.2) is 22.6 Å². The van der Waals surface area contributed by atoms with Crippen LogP contribution in [0.25, 0.3) is 0 Å². The van der Waals surface area contributed by atoms with Crippen molar-refractivity contribution < 1.29 is 9.90 Å². The van der Waals surface area contributed by atoms with Gasteiger partial charge >= 0.3 is 5.97 Å². The van der Waals surface area contributed by atoms with Gasteiger partial charge in [-0.25, -0.2) is 9.78 Å². The Morgan fingerprint density at radius 1 is 1.69 bits per heavy atom. The lowest BCUT2D eigenvalue weighted by Crippen LogP contribution is -1.99. The highest BCUT2D eigenvalue weighted by Crippen LogP contribution is 2.18. The maximum Gasteiger partial charge on any atom is 0.347 e. The molecule has 0 aromatic carbocycles. The summed E-state index contributed by atoms with van der Waals surface area (Å²) in [4.78, 5) is 15.1. The highest BCUT2D eigenvalue weighted by atomic mass is 32.1. The largest absolute Gasteiger partial charge is 0.477 e. The van der Waals surface area contributed by atoms with Gasteiger partial charge in [-0.15, -0.1) is 11.3 Å². The Balaban J connectivity index is 2.76. The summed E-state index contributed by atoms with van der Waals surface area (Å²) in [5.41, 5.74) is 5.94. The molecule has 1 rings (SSSR count). The number of carbonyl (C=O) groups is 1. The van der Waals surface area contributed by atoms with Crippen molar-refractivity contribution in [1.29, 1.82) is 0 Å². The molecule has 72 valence electrons. The first-order valence-corrected chi connectivity index (χ1v) is 4.86. The third-order valence-corrected chi connectivity index (χ3v) is 2.84. The van der Waals surface area contributed by atoms with Gasteiger partial charge < -0.3 is 10.8 Å². The lowest BCUT2D eigenvalue weighted by Gasteiger charge is -1.90. The monoisotopic (exact) mass is 200 g/mol. The van der Waals surface area contributed by atoms with Gasteiger partial charge in [-0.05, 0) is 19.9 Å². The van der Waals surface area contributed by atoms with Crippen molar-refractivity contribution in [3.8, 4) is 0 Å². The summed E-state index contributed by atoms with van der Waals surface area (Å²) in [5, 5.41) is 9.61. The molecule has 4 nitrogen and oxygen atoms in total. The van der Waals surface area contributed by atoms with Crippen molar-refractivity contribution in [2.24, 2.45) is 5.73 Å². The molecule has 0 saturated heterocycles. The van der Waals surface area contributed by atoms with Gasteiger partial charge in [0.1, 0.15) is 4.88 Å². The van der Waals surface area contributed by atoms with Gasteiger partial charge in [0.25, 0.3) is 0 Å². The molecule has 0 aliphatic heterocycles. The Hall–Kier alpha value is -0.940. The van der Waals surface area contributed by atoms with Crippen molar-refractivity contribution in [3.05, 3.63) is 15.6 Å². The highest BCUT2D eigenvalue weighted by Gasteiger charge is 2.12. The molecule has 13 heavy (non-hydrogen) atoms. The van der Waals surface area contributed by atoms with Gasteiger partial charge in [-0.1, -0.05) is 0 Å². The molecule has 1 aromatic heterocycles. The molecule has 0 aliphatic carbocycles. The van der Waals surface area contributed by atoms with E-state index in [-0.39, 0.29) is 0 Å². The SMILES string of the molecule is Cc1nc(CCCN)sc1C(=O)O. The van der Waals surface area contributed by atoms with Crippen LogP contribution in [0, 0.1) is 6.92 Å². The summed E-state index contributed by atoms with van der Waals surface area (Å²) in [6.07, 6.45) is 1.63. The van der Waals surface area contributed by atoms with Gasteiger partial charge in [0, 0.05) is 6.42 Å². The minimum Gasteiger partial charge on any atom is -0.477 e. The summed E-state index contributed by atoms with van der Waals surface area (Å²) in [7, 11) is 0. The maximum atomic E-state index is 10.7. The predicted molar refractivity (Wildman–Crippen MR) is 51.2 cm³/mol. The smallest absolute Gasteiger partial charge is 0.347 e. The molecule has 0 unspecified atom stereocenters. The second-order valence-electron chi connectivity index (χ2n) is 2.72. The van der Waals surface area contributed by atoms with E-state index in [1.54, 1.807) is 6.92 Å². The first-order chi connectivity index (χ1) is 6.15. The van der Waals surface area contributed by atoms with Crippen LogP contribution < -0.4 is 5.73 Å². The summed E-state index contributed by atoms with van der Waals surface area (Å²) in [6.45, 7) is 2.33. The van der Waals surface area contributed by atoms with E-state index in [1.807, 2.05) is 0 Å². The zero-order valence-corrected chi connectivity index (χ0v) is 8.23. The van der Waals surface area contributed by atoms with Crippen LogP contribution in [0.2, 0.25) is 0 Å². The van der Waals surface area contributed by atoms with Gasteiger partial charge in [0.05, 0.1) is 10.7 Å². The number of hydrogen-bond donors (Lipinski definition) is 2. The van der Waals surface area contributed by atoms with Gasteiger partial charge in [0.15, 0.2) is 0 Å². The Morgan fingerprint density at radius 2 is 2.38 bits per heavy atom. The zero-order valence-electron chi connectivity index (χ0n) is 7.41. The number of nitrogens with zero attached hydrogens (tertiary/aromatic N) is 1. The van der Waals surface area contributed by atoms with E-state index < -0.39 is 5.97 Å². The summed E-state index contributed by atoms with van der Waals surface area (Å²) < 4.78 is 0. The van der Waals surface area contributed by atoms with Crippen molar-refractivity contribution in [2.75, 3.05) is 6.54 Å². The van der Waals surface area contributed by atoms with Crippen LogP contribution in [0.4, 0.5) is 0 Å². The molecule has 0 bridgehead atoms. The third-order valence-electron chi connectivity index (χ3n) is 1.63. The Labute approximate surface area is 80.4 Å². The van der Waals surface area contributed by atoms with E-state index in [1.165, 1.54) is 11.3 Å². The normalized spacial score (nSPS) is 10.3. The molecule has 5 heteroatoms. The van der Waals surface area contributed by atoms with Crippen molar-refractivity contribution in [2.45, 2.75) is 19.8 Å². The molecular formula is C8H12N2O2S. The Kier molecular flexibility index (Phi) is 3.39. The molecule has 0 radical (unpaired) electrons. The van der Waals surface area contributed by atoms with Crippen molar-refractivity contribution in [1.82, 2.24) is 4.98 Å². The number of carboxylic acid groups (broad SMARTS) is 1. The van der Waals surface area contributed by atoms with Crippen LogP contribution in [-0.2, 0) is 6.42 Å². The number of aromatic nitrogens is 1. The summed E-state index contributed by atoms with van der Waals surface area (Å²) in [6, 6.07) is 0. The minimum absolute atomic E-state index is 0.340. The van der Waals surface area contributed by atoms with Crippen LogP contribution in [0.5, 0.6) is 0 Å². The van der Waals surface area contributed by atoms with Crippen molar-refractivity contribution >= 4 is 17.3 Å². The van der Waals surface area contributed by atoms with E-state index in [2.05, 4.69) is 4.98 Å². The average Bonchev–Trinajstić information content (AvgIpc) is 2.43. The van der Waals surface area contributed by atoms with Gasteiger partial charge in [-0.2, -0.15) is 0 Å². The lowest BCUT2D eigenvalue weighted by atomic mass is 10.3. The second-order valence-corrected chi connectivity index (χ2v) is 3.80. The molecule has 0 fully saturated rings. The summed E-state index contributed by atoms with van der Waals surface area (Å²) >= 11 is 1.24. The van der Waals surface area contributed by atoms with Crippen LogP contribution in [0.1, 0.15) is 26.8 Å². The number of hydrogen-bond acceptors (Lipinski definition) is 4. The second kappa shape index (κ2) is 4.34. The van der Waals surface area contributed by atoms with E-state index in [9.17, 15) is 4.79 Å². The molecule has 0 atom stereocenters. The first kappa shape index (κ1) is 10.1. The fraction of sp³-hybridized carbons (Fsp3) is 0.500. The Bertz CT molecular complexity index is 309. The maximum absolute atomic E-state index is 10.7. The van der Waals surface area contributed by atoms with Crippen LogP contribution in [0.3, 0.4) is 0 Å². The van der Waals surface area contributed by atoms with E-state index in [0.717, 1.165) is 17.8 Å². The predicted octanol–water partition coefficient (Wildman–Crippen LogP) is 1.04. The number of rotatable bonds is 4. The molecule has 0 spiro atoms. The fourth-order valence-corrected chi connectivity index (χ4v) is 1.96. The number of aromatic carboxylic acids is 1. The first-order valence-electron chi connectivity index (χ1n) is 4.04. The van der Waals surface area contributed by atoms with Crippen LogP contribution >= 0.6 is 11.3 Å². The van der Waals surface area contributed by atoms with Gasteiger partial charge in [0.2, 0.25) is 0 Å². The topological polar surface area (TPSA) is 76.2 Å². The quantitative estimate of drug-likeness (QED) is 0.761. The number of aryl methyl sites for hydroxylation is 2. The summed E-state index contributed by atoms with van der Waals surface area (Å²) in [5.74, 6) is -0.894. The Morgan fingerprint density at radius 3 is 2.85 bits per heavy atom. The third kappa shape index (κ3) is 2.50. The van der Waals surface area contributed by atoms with E-state index in [0.29, 0.717) is 17.1 Å². The number of nitrogens with two attached hydrogens (primary N) is 1.